The molecule has 4 heteroatoms. The van der Waals surface area contributed by atoms with Gasteiger partial charge in [0.1, 0.15) is 0 Å². The van der Waals surface area contributed by atoms with Gasteiger partial charge in [-0.25, -0.2) is 0 Å². The lowest BCUT2D eigenvalue weighted by molar-refractivity contribution is -0.148. The SMILES string of the molecule is CC1CCCC1NC(=O)[C@H]1C2C=CC(C2)[C@H]1C(=O)O. The molecule has 4 unspecified atom stereocenters. The molecule has 2 fully saturated rings. The van der Waals surface area contributed by atoms with E-state index < -0.39 is 11.9 Å². The standard InChI is InChI=1S/C15H21NO3/c1-8-3-2-4-11(8)16-14(17)12-9-5-6-10(7-9)13(12)15(18)19/h5-6,8-13H,2-4,7H2,1H3,(H,16,17)(H,18,19)/t8?,9?,10?,11?,12-,13+/m0/s1. The van der Waals surface area contributed by atoms with Gasteiger partial charge in [0, 0.05) is 6.04 Å². The number of carbonyl (C=O) groups is 2. The van der Waals surface area contributed by atoms with E-state index in [-0.39, 0.29) is 29.7 Å². The van der Waals surface area contributed by atoms with Crippen LogP contribution < -0.4 is 5.32 Å². The molecule has 0 radical (unpaired) electrons. The van der Waals surface area contributed by atoms with Crippen LogP contribution in [0.2, 0.25) is 0 Å². The van der Waals surface area contributed by atoms with Crippen molar-refractivity contribution in [2.75, 3.05) is 0 Å². The molecule has 2 bridgehead atoms. The predicted octanol–water partition coefficient (Wildman–Crippen LogP) is 1.81. The number of nitrogens with one attached hydrogen (secondary N) is 1. The first-order valence-corrected chi connectivity index (χ1v) is 7.29. The molecule has 0 aliphatic heterocycles. The van der Waals surface area contributed by atoms with Gasteiger partial charge in [0.15, 0.2) is 0 Å². The van der Waals surface area contributed by atoms with Crippen LogP contribution in [0.1, 0.15) is 32.6 Å². The van der Waals surface area contributed by atoms with E-state index in [0.717, 1.165) is 25.7 Å². The fraction of sp³-hybridized carbons (Fsp3) is 0.733. The van der Waals surface area contributed by atoms with Crippen LogP contribution in [-0.2, 0) is 9.59 Å². The van der Waals surface area contributed by atoms with Crippen LogP contribution in [0.25, 0.3) is 0 Å². The van der Waals surface area contributed by atoms with Crippen molar-refractivity contribution in [2.24, 2.45) is 29.6 Å². The van der Waals surface area contributed by atoms with Crippen molar-refractivity contribution in [2.45, 2.75) is 38.6 Å². The molecule has 0 saturated heterocycles. The van der Waals surface area contributed by atoms with E-state index in [4.69, 9.17) is 0 Å². The van der Waals surface area contributed by atoms with Crippen LogP contribution in [0.5, 0.6) is 0 Å². The summed E-state index contributed by atoms with van der Waals surface area (Å²) < 4.78 is 0. The molecular weight excluding hydrogens is 242 g/mol. The largest absolute Gasteiger partial charge is 0.481 e. The summed E-state index contributed by atoms with van der Waals surface area (Å²) >= 11 is 0. The molecule has 0 heterocycles. The normalized spacial score (nSPS) is 43.6. The van der Waals surface area contributed by atoms with E-state index in [1.165, 1.54) is 0 Å². The third-order valence-corrected chi connectivity index (χ3v) is 5.24. The zero-order valence-corrected chi connectivity index (χ0v) is 11.2. The molecule has 0 aromatic heterocycles. The van der Waals surface area contributed by atoms with Crippen molar-refractivity contribution in [1.82, 2.24) is 5.32 Å². The van der Waals surface area contributed by atoms with Gasteiger partial charge in [-0.15, -0.1) is 0 Å². The summed E-state index contributed by atoms with van der Waals surface area (Å²) in [4.78, 5) is 23.8. The number of hydrogen-bond donors (Lipinski definition) is 2. The average Bonchev–Trinajstić information content (AvgIpc) is 3.04. The number of carbonyl (C=O) groups excluding carboxylic acids is 1. The Labute approximate surface area is 113 Å². The van der Waals surface area contributed by atoms with Gasteiger partial charge in [-0.3, -0.25) is 9.59 Å². The van der Waals surface area contributed by atoms with Crippen molar-refractivity contribution in [3.05, 3.63) is 12.2 Å². The highest BCUT2D eigenvalue weighted by molar-refractivity contribution is 5.87. The molecular formula is C15H21NO3. The van der Waals surface area contributed by atoms with E-state index >= 15 is 0 Å². The monoisotopic (exact) mass is 263 g/mol. The van der Waals surface area contributed by atoms with Crippen molar-refractivity contribution < 1.29 is 14.7 Å². The quantitative estimate of drug-likeness (QED) is 0.763. The molecule has 0 spiro atoms. The number of allylic oxidation sites excluding steroid dienone is 2. The van der Waals surface area contributed by atoms with Crippen LogP contribution in [0.3, 0.4) is 0 Å². The van der Waals surface area contributed by atoms with E-state index in [1.807, 2.05) is 12.2 Å². The molecule has 3 aliphatic carbocycles. The van der Waals surface area contributed by atoms with Gasteiger partial charge in [0.2, 0.25) is 5.91 Å². The van der Waals surface area contributed by atoms with Gasteiger partial charge in [-0.2, -0.15) is 0 Å². The fourth-order valence-electron chi connectivity index (χ4n) is 4.16. The number of carboxylic acids is 1. The molecule has 104 valence electrons. The predicted molar refractivity (Wildman–Crippen MR) is 70.3 cm³/mol. The van der Waals surface area contributed by atoms with Gasteiger partial charge in [-0.1, -0.05) is 25.5 Å². The summed E-state index contributed by atoms with van der Waals surface area (Å²) in [5.41, 5.74) is 0. The Bertz CT molecular complexity index is 431. The molecule has 2 saturated carbocycles. The minimum atomic E-state index is -0.823. The molecule has 3 rings (SSSR count). The highest BCUT2D eigenvalue weighted by Crippen LogP contribution is 2.48. The molecule has 19 heavy (non-hydrogen) atoms. The highest BCUT2D eigenvalue weighted by atomic mass is 16.4. The van der Waals surface area contributed by atoms with E-state index in [2.05, 4.69) is 12.2 Å². The summed E-state index contributed by atoms with van der Waals surface area (Å²) in [5, 5.41) is 12.5. The zero-order chi connectivity index (χ0) is 13.6. The summed E-state index contributed by atoms with van der Waals surface area (Å²) in [6.45, 7) is 2.16. The molecule has 4 nitrogen and oxygen atoms in total. The Morgan fingerprint density at radius 3 is 2.42 bits per heavy atom. The molecule has 0 aromatic carbocycles. The number of rotatable bonds is 3. The minimum Gasteiger partial charge on any atom is -0.481 e. The number of hydrogen-bond acceptors (Lipinski definition) is 2. The lowest BCUT2D eigenvalue weighted by Crippen LogP contribution is -2.45. The van der Waals surface area contributed by atoms with E-state index in [9.17, 15) is 14.7 Å². The number of carboxylic acid groups (broad SMARTS) is 1. The third-order valence-electron chi connectivity index (χ3n) is 5.24. The Balaban J connectivity index is 1.72. The molecule has 6 atom stereocenters. The van der Waals surface area contributed by atoms with E-state index in [0.29, 0.717) is 5.92 Å². The lowest BCUT2D eigenvalue weighted by atomic mass is 9.82. The third kappa shape index (κ3) is 2.07. The second kappa shape index (κ2) is 4.66. The van der Waals surface area contributed by atoms with Gasteiger partial charge in [0.05, 0.1) is 11.8 Å². The second-order valence-corrected chi connectivity index (χ2v) is 6.36. The number of amides is 1. The Morgan fingerprint density at radius 1 is 1.16 bits per heavy atom. The van der Waals surface area contributed by atoms with E-state index in [1.54, 1.807) is 0 Å². The van der Waals surface area contributed by atoms with Crippen LogP contribution in [-0.4, -0.2) is 23.0 Å². The molecule has 1 amide bonds. The Hall–Kier alpha value is -1.32. The van der Waals surface area contributed by atoms with Gasteiger partial charge >= 0.3 is 5.97 Å². The van der Waals surface area contributed by atoms with Crippen LogP contribution in [0, 0.1) is 29.6 Å². The number of fused-ring (bicyclic) bond motifs is 2. The minimum absolute atomic E-state index is 0.0389. The van der Waals surface area contributed by atoms with Crippen molar-refractivity contribution >= 4 is 11.9 Å². The molecule has 0 aromatic rings. The zero-order valence-electron chi connectivity index (χ0n) is 11.2. The highest BCUT2D eigenvalue weighted by Gasteiger charge is 2.52. The van der Waals surface area contributed by atoms with Crippen molar-refractivity contribution in [1.29, 1.82) is 0 Å². The first-order valence-electron chi connectivity index (χ1n) is 7.29. The molecule has 2 N–H and O–H groups in total. The maximum atomic E-state index is 12.4. The summed E-state index contributed by atoms with van der Waals surface area (Å²) in [6, 6.07) is 0.241. The lowest BCUT2D eigenvalue weighted by Gasteiger charge is -2.26. The summed E-state index contributed by atoms with van der Waals surface area (Å²) in [6.07, 6.45) is 8.18. The summed E-state index contributed by atoms with van der Waals surface area (Å²) in [5.74, 6) is -1.05. The maximum Gasteiger partial charge on any atom is 0.307 e. The Morgan fingerprint density at radius 2 is 1.84 bits per heavy atom. The summed E-state index contributed by atoms with van der Waals surface area (Å²) in [7, 11) is 0. The fourth-order valence-corrected chi connectivity index (χ4v) is 4.16. The average molecular weight is 263 g/mol. The van der Waals surface area contributed by atoms with Crippen LogP contribution >= 0.6 is 0 Å². The second-order valence-electron chi connectivity index (χ2n) is 6.36. The Kier molecular flexibility index (Phi) is 3.11. The molecule has 3 aliphatic rings. The first kappa shape index (κ1) is 12.7. The van der Waals surface area contributed by atoms with Gasteiger partial charge in [0.25, 0.3) is 0 Å². The first-order chi connectivity index (χ1) is 9.08. The van der Waals surface area contributed by atoms with Crippen molar-refractivity contribution in [3.63, 3.8) is 0 Å². The smallest absolute Gasteiger partial charge is 0.307 e. The van der Waals surface area contributed by atoms with Crippen LogP contribution in [0.15, 0.2) is 12.2 Å². The maximum absolute atomic E-state index is 12.4. The van der Waals surface area contributed by atoms with Gasteiger partial charge in [-0.05, 0) is 37.0 Å². The topological polar surface area (TPSA) is 66.4 Å². The number of aliphatic carboxylic acids is 1. The van der Waals surface area contributed by atoms with Crippen LogP contribution in [0.4, 0.5) is 0 Å². The van der Waals surface area contributed by atoms with Gasteiger partial charge < -0.3 is 10.4 Å². The van der Waals surface area contributed by atoms with Crippen molar-refractivity contribution in [3.8, 4) is 0 Å².